The topological polar surface area (TPSA) is 21.6 Å². The first-order valence-electron chi connectivity index (χ1n) is 5.20. The summed E-state index contributed by atoms with van der Waals surface area (Å²) < 4.78 is 2.20. The molecular weight excluding hydrogens is 428 g/mol. The lowest BCUT2D eigenvalue weighted by molar-refractivity contribution is 0.129. The van der Waals surface area contributed by atoms with E-state index in [0.717, 1.165) is 27.3 Å². The minimum atomic E-state index is 0.562. The molecule has 16 heavy (non-hydrogen) atoms. The van der Waals surface area contributed by atoms with Gasteiger partial charge in [-0.25, -0.2) is 0 Å². The SMILES string of the molecule is ICCC(CCI)=NOCc1ccccc1. The summed E-state index contributed by atoms with van der Waals surface area (Å²) in [4.78, 5) is 5.37. The molecule has 88 valence electrons. The molecule has 1 aromatic rings. The van der Waals surface area contributed by atoms with Crippen molar-refractivity contribution in [1.29, 1.82) is 0 Å². The summed E-state index contributed by atoms with van der Waals surface area (Å²) in [5.41, 5.74) is 2.33. The lowest BCUT2D eigenvalue weighted by Gasteiger charge is -2.03. The molecule has 0 saturated heterocycles. The molecule has 0 heterocycles. The van der Waals surface area contributed by atoms with Crippen molar-refractivity contribution in [2.45, 2.75) is 19.4 Å². The van der Waals surface area contributed by atoms with Gasteiger partial charge in [-0.3, -0.25) is 0 Å². The van der Waals surface area contributed by atoms with Gasteiger partial charge in [0, 0.05) is 8.86 Å². The minimum Gasteiger partial charge on any atom is -0.391 e. The lowest BCUT2D eigenvalue weighted by Crippen LogP contribution is -2.01. The fourth-order valence-electron chi connectivity index (χ4n) is 1.21. The number of alkyl halides is 2. The van der Waals surface area contributed by atoms with Crippen LogP contribution in [0.25, 0.3) is 0 Å². The summed E-state index contributed by atoms with van der Waals surface area (Å²) in [5.74, 6) is 0. The number of hydrogen-bond donors (Lipinski definition) is 0. The van der Waals surface area contributed by atoms with Crippen LogP contribution in [0.5, 0.6) is 0 Å². The molecular formula is C12H15I2NO. The van der Waals surface area contributed by atoms with Crippen LogP contribution in [-0.2, 0) is 11.4 Å². The van der Waals surface area contributed by atoms with Crippen molar-refractivity contribution in [2.24, 2.45) is 5.16 Å². The summed E-state index contributed by atoms with van der Waals surface area (Å²) in [5, 5.41) is 4.21. The van der Waals surface area contributed by atoms with Crippen LogP contribution in [0.3, 0.4) is 0 Å². The monoisotopic (exact) mass is 443 g/mol. The maximum atomic E-state index is 5.37. The number of benzene rings is 1. The number of nitrogens with zero attached hydrogens (tertiary/aromatic N) is 1. The Labute approximate surface area is 124 Å². The summed E-state index contributed by atoms with van der Waals surface area (Å²) in [6.07, 6.45) is 2.05. The van der Waals surface area contributed by atoms with Gasteiger partial charge in [0.2, 0.25) is 0 Å². The van der Waals surface area contributed by atoms with Crippen LogP contribution in [0.2, 0.25) is 0 Å². The van der Waals surface area contributed by atoms with Crippen LogP contribution in [0, 0.1) is 0 Å². The number of rotatable bonds is 7. The second kappa shape index (κ2) is 9.21. The Morgan fingerprint density at radius 2 is 1.69 bits per heavy atom. The van der Waals surface area contributed by atoms with Gasteiger partial charge in [0.25, 0.3) is 0 Å². The average Bonchev–Trinajstić information content (AvgIpc) is 2.31. The lowest BCUT2D eigenvalue weighted by atomic mass is 10.2. The standard InChI is InChI=1S/C12H15I2NO/c13-8-6-12(7-9-14)15-16-10-11-4-2-1-3-5-11/h1-5H,6-10H2. The van der Waals surface area contributed by atoms with Crippen LogP contribution in [0.15, 0.2) is 35.5 Å². The Kier molecular flexibility index (Phi) is 8.18. The molecule has 0 saturated carbocycles. The number of hydrogen-bond acceptors (Lipinski definition) is 2. The van der Waals surface area contributed by atoms with Gasteiger partial charge < -0.3 is 4.84 Å². The predicted octanol–water partition coefficient (Wildman–Crippen LogP) is 4.21. The molecule has 2 nitrogen and oxygen atoms in total. The molecule has 0 atom stereocenters. The van der Waals surface area contributed by atoms with E-state index in [4.69, 9.17) is 4.84 Å². The Hall–Kier alpha value is 0.150. The second-order valence-corrected chi connectivity index (χ2v) is 5.45. The van der Waals surface area contributed by atoms with Crippen molar-refractivity contribution in [2.75, 3.05) is 8.86 Å². The van der Waals surface area contributed by atoms with E-state index in [1.54, 1.807) is 0 Å². The maximum absolute atomic E-state index is 5.37. The van der Waals surface area contributed by atoms with Crippen LogP contribution in [0.1, 0.15) is 18.4 Å². The van der Waals surface area contributed by atoms with Gasteiger partial charge in [-0.2, -0.15) is 0 Å². The van der Waals surface area contributed by atoms with Gasteiger partial charge in [0.15, 0.2) is 0 Å². The van der Waals surface area contributed by atoms with Crippen molar-refractivity contribution in [3.8, 4) is 0 Å². The first-order valence-corrected chi connectivity index (χ1v) is 8.25. The van der Waals surface area contributed by atoms with E-state index < -0.39 is 0 Å². The predicted molar refractivity (Wildman–Crippen MR) is 85.7 cm³/mol. The van der Waals surface area contributed by atoms with Gasteiger partial charge in [0.05, 0.1) is 5.71 Å². The van der Waals surface area contributed by atoms with E-state index in [1.807, 2.05) is 30.3 Å². The highest BCUT2D eigenvalue weighted by atomic mass is 127. The first kappa shape index (κ1) is 14.2. The fraction of sp³-hybridized carbons (Fsp3) is 0.417. The third kappa shape index (κ3) is 6.03. The van der Waals surface area contributed by atoms with E-state index in [2.05, 4.69) is 50.3 Å². The van der Waals surface area contributed by atoms with Gasteiger partial charge in [0.1, 0.15) is 6.61 Å². The minimum absolute atomic E-state index is 0.562. The average molecular weight is 443 g/mol. The Balaban J connectivity index is 2.38. The maximum Gasteiger partial charge on any atom is 0.142 e. The molecule has 1 rings (SSSR count). The van der Waals surface area contributed by atoms with Gasteiger partial charge in [-0.15, -0.1) is 0 Å². The van der Waals surface area contributed by atoms with E-state index in [9.17, 15) is 0 Å². The van der Waals surface area contributed by atoms with Crippen molar-refractivity contribution < 1.29 is 4.84 Å². The van der Waals surface area contributed by atoms with E-state index in [0.29, 0.717) is 6.61 Å². The summed E-state index contributed by atoms with van der Waals surface area (Å²) in [6.45, 7) is 0.562. The summed E-state index contributed by atoms with van der Waals surface area (Å²) in [6, 6.07) is 10.1. The third-order valence-corrected chi connectivity index (χ3v) is 3.11. The molecule has 0 amide bonds. The highest BCUT2D eigenvalue weighted by Crippen LogP contribution is 2.04. The molecule has 0 bridgehead atoms. The number of oxime groups is 1. The zero-order valence-electron chi connectivity index (χ0n) is 9.03. The largest absolute Gasteiger partial charge is 0.391 e. The molecule has 0 aliphatic rings. The molecule has 1 aromatic carbocycles. The Morgan fingerprint density at radius 1 is 1.06 bits per heavy atom. The van der Waals surface area contributed by atoms with Crippen molar-refractivity contribution >= 4 is 50.9 Å². The highest BCUT2D eigenvalue weighted by molar-refractivity contribution is 14.1. The van der Waals surface area contributed by atoms with E-state index >= 15 is 0 Å². The molecule has 0 unspecified atom stereocenters. The van der Waals surface area contributed by atoms with Crippen LogP contribution in [-0.4, -0.2) is 14.6 Å². The normalized spacial score (nSPS) is 9.88. The van der Waals surface area contributed by atoms with Crippen LogP contribution in [0.4, 0.5) is 0 Å². The quantitative estimate of drug-likeness (QED) is 0.268. The highest BCUT2D eigenvalue weighted by Gasteiger charge is 1.98. The Morgan fingerprint density at radius 3 is 2.25 bits per heavy atom. The van der Waals surface area contributed by atoms with E-state index in [1.165, 1.54) is 5.71 Å². The Bertz CT molecular complexity index is 306. The summed E-state index contributed by atoms with van der Waals surface area (Å²) in [7, 11) is 0. The zero-order chi connectivity index (χ0) is 11.6. The van der Waals surface area contributed by atoms with Gasteiger partial charge in [-0.1, -0.05) is 80.7 Å². The molecule has 0 aromatic heterocycles. The fourth-order valence-corrected chi connectivity index (χ4v) is 2.45. The zero-order valence-corrected chi connectivity index (χ0v) is 13.3. The molecule has 4 heteroatoms. The first-order chi connectivity index (χ1) is 7.86. The van der Waals surface area contributed by atoms with Gasteiger partial charge >= 0.3 is 0 Å². The third-order valence-electron chi connectivity index (χ3n) is 2.03. The summed E-state index contributed by atoms with van der Waals surface area (Å²) >= 11 is 4.73. The van der Waals surface area contributed by atoms with Crippen molar-refractivity contribution in [1.82, 2.24) is 0 Å². The van der Waals surface area contributed by atoms with Crippen LogP contribution < -0.4 is 0 Å². The molecule has 0 spiro atoms. The van der Waals surface area contributed by atoms with Gasteiger partial charge in [-0.05, 0) is 18.4 Å². The smallest absolute Gasteiger partial charge is 0.142 e. The molecule has 0 radical (unpaired) electrons. The molecule has 0 aliphatic heterocycles. The molecule has 0 aliphatic carbocycles. The van der Waals surface area contributed by atoms with Crippen LogP contribution >= 0.6 is 45.2 Å². The number of halogens is 2. The van der Waals surface area contributed by atoms with Crippen molar-refractivity contribution in [3.63, 3.8) is 0 Å². The van der Waals surface area contributed by atoms with Crippen molar-refractivity contribution in [3.05, 3.63) is 35.9 Å². The van der Waals surface area contributed by atoms with E-state index in [-0.39, 0.29) is 0 Å². The molecule has 0 fully saturated rings. The second-order valence-electron chi connectivity index (χ2n) is 3.29. The molecule has 0 N–H and O–H groups in total.